The quantitative estimate of drug-likeness (QED) is 0.862. The lowest BCUT2D eigenvalue weighted by Crippen LogP contribution is -2.51. The van der Waals surface area contributed by atoms with Crippen molar-refractivity contribution in [2.45, 2.75) is 44.2 Å². The van der Waals surface area contributed by atoms with Gasteiger partial charge < -0.3 is 0 Å². The van der Waals surface area contributed by atoms with Crippen molar-refractivity contribution in [3.05, 3.63) is 41.5 Å². The number of rotatable bonds is 2. The van der Waals surface area contributed by atoms with Crippen molar-refractivity contribution in [2.75, 3.05) is 0 Å². The maximum atomic E-state index is 12.3. The van der Waals surface area contributed by atoms with Crippen LogP contribution in [0.25, 0.3) is 6.08 Å². The summed E-state index contributed by atoms with van der Waals surface area (Å²) in [4.78, 5) is 12.3. The molecule has 0 amide bonds. The first kappa shape index (κ1) is 11.7. The molecule has 2 nitrogen and oxygen atoms in total. The Labute approximate surface area is 108 Å². The lowest BCUT2D eigenvalue weighted by Gasteiger charge is -2.35. The Hall–Kier alpha value is -1.41. The van der Waals surface area contributed by atoms with Gasteiger partial charge in [0, 0.05) is 6.04 Å². The van der Waals surface area contributed by atoms with Crippen molar-refractivity contribution in [3.8, 4) is 0 Å². The number of nitrogens with one attached hydrogen (secondary N) is 1. The molecule has 1 atom stereocenters. The topological polar surface area (TPSA) is 29.1 Å². The summed E-state index contributed by atoms with van der Waals surface area (Å²) in [6.07, 6.45) is 8.57. The molecule has 1 aromatic rings. The van der Waals surface area contributed by atoms with Gasteiger partial charge in [-0.25, -0.2) is 0 Å². The minimum absolute atomic E-state index is 0.174. The van der Waals surface area contributed by atoms with Gasteiger partial charge in [0.05, 0.1) is 0 Å². The normalized spacial score (nSPS) is 27.5. The maximum Gasteiger partial charge on any atom is 0.179 e. The van der Waals surface area contributed by atoms with Crippen LogP contribution in [0.2, 0.25) is 0 Å². The molecular formula is C16H19NO. The molecule has 3 rings (SSSR count). The molecule has 0 bridgehead atoms. The molecule has 2 heteroatoms. The molecular weight excluding hydrogens is 222 g/mol. The van der Waals surface area contributed by atoms with E-state index < -0.39 is 5.54 Å². The summed E-state index contributed by atoms with van der Waals surface area (Å²) in [5, 5.41) is 3.60. The first-order valence-electron chi connectivity index (χ1n) is 6.80. The minimum Gasteiger partial charge on any atom is -0.298 e. The van der Waals surface area contributed by atoms with Crippen LogP contribution in [-0.2, 0) is 10.3 Å². The minimum atomic E-state index is -0.541. The van der Waals surface area contributed by atoms with E-state index in [0.29, 0.717) is 6.04 Å². The molecule has 1 fully saturated rings. The summed E-state index contributed by atoms with van der Waals surface area (Å²) < 4.78 is 0. The van der Waals surface area contributed by atoms with Crippen LogP contribution in [0.15, 0.2) is 30.3 Å². The first-order valence-corrected chi connectivity index (χ1v) is 6.80. The molecule has 1 N–H and O–H groups in total. The summed E-state index contributed by atoms with van der Waals surface area (Å²) >= 11 is 0. The second kappa shape index (κ2) is 4.36. The number of hydrogen-bond donors (Lipinski definition) is 1. The second-order valence-electron chi connectivity index (χ2n) is 5.54. The standard InChI is InChI=1S/C16H19NO/c1-16(17-13-7-3-4-8-13)14-9-5-2-6-12(14)10-11-15(16)18/h2,5-6,9-11,13,17H,3-4,7-8H2,1H3. The van der Waals surface area contributed by atoms with Gasteiger partial charge in [0.25, 0.3) is 0 Å². The zero-order valence-electron chi connectivity index (χ0n) is 10.8. The fraction of sp³-hybridized carbons (Fsp3) is 0.438. The van der Waals surface area contributed by atoms with Gasteiger partial charge in [0.15, 0.2) is 5.78 Å². The van der Waals surface area contributed by atoms with Crippen LogP contribution in [0, 0.1) is 0 Å². The van der Waals surface area contributed by atoms with Crippen LogP contribution in [0.5, 0.6) is 0 Å². The van der Waals surface area contributed by atoms with E-state index in [-0.39, 0.29) is 5.78 Å². The number of hydrogen-bond acceptors (Lipinski definition) is 2. The fourth-order valence-electron chi connectivity index (χ4n) is 3.19. The van der Waals surface area contributed by atoms with Gasteiger partial charge in [-0.1, -0.05) is 43.2 Å². The molecule has 1 unspecified atom stereocenters. The first-order chi connectivity index (χ1) is 8.70. The van der Waals surface area contributed by atoms with E-state index in [2.05, 4.69) is 17.4 Å². The third kappa shape index (κ3) is 1.81. The summed E-state index contributed by atoms with van der Waals surface area (Å²) in [6, 6.07) is 8.67. The highest BCUT2D eigenvalue weighted by atomic mass is 16.1. The number of carbonyl (C=O) groups excluding carboxylic acids is 1. The fourth-order valence-corrected chi connectivity index (χ4v) is 3.19. The zero-order chi connectivity index (χ0) is 12.6. The van der Waals surface area contributed by atoms with E-state index in [1.54, 1.807) is 6.08 Å². The highest BCUT2D eigenvalue weighted by Crippen LogP contribution is 2.33. The van der Waals surface area contributed by atoms with E-state index in [0.717, 1.165) is 11.1 Å². The van der Waals surface area contributed by atoms with E-state index >= 15 is 0 Å². The van der Waals surface area contributed by atoms with Gasteiger partial charge in [-0.05, 0) is 37.0 Å². The molecule has 0 aromatic heterocycles. The van der Waals surface area contributed by atoms with Gasteiger partial charge in [0.1, 0.15) is 5.54 Å². The smallest absolute Gasteiger partial charge is 0.179 e. The third-order valence-electron chi connectivity index (χ3n) is 4.25. The molecule has 94 valence electrons. The molecule has 0 spiro atoms. The van der Waals surface area contributed by atoms with Crippen molar-refractivity contribution in [1.82, 2.24) is 5.32 Å². The lowest BCUT2D eigenvalue weighted by molar-refractivity contribution is -0.120. The molecule has 0 radical (unpaired) electrons. The van der Waals surface area contributed by atoms with Gasteiger partial charge in [0.2, 0.25) is 0 Å². The molecule has 2 aliphatic carbocycles. The number of benzene rings is 1. The lowest BCUT2D eigenvalue weighted by atomic mass is 9.80. The zero-order valence-corrected chi connectivity index (χ0v) is 10.8. The van der Waals surface area contributed by atoms with Crippen LogP contribution >= 0.6 is 0 Å². The Balaban J connectivity index is 1.97. The summed E-state index contributed by atoms with van der Waals surface area (Å²) in [7, 11) is 0. The molecule has 18 heavy (non-hydrogen) atoms. The number of carbonyl (C=O) groups is 1. The maximum absolute atomic E-state index is 12.3. The molecule has 0 saturated heterocycles. The molecule has 2 aliphatic rings. The van der Waals surface area contributed by atoms with E-state index in [1.165, 1.54) is 25.7 Å². The van der Waals surface area contributed by atoms with Crippen LogP contribution in [-0.4, -0.2) is 11.8 Å². The van der Waals surface area contributed by atoms with Gasteiger partial charge in [-0.2, -0.15) is 0 Å². The van der Waals surface area contributed by atoms with E-state index in [9.17, 15) is 4.79 Å². The predicted molar refractivity (Wildman–Crippen MR) is 73.2 cm³/mol. The van der Waals surface area contributed by atoms with Crippen molar-refractivity contribution in [2.24, 2.45) is 0 Å². The second-order valence-corrected chi connectivity index (χ2v) is 5.54. The molecule has 0 heterocycles. The Bertz CT molecular complexity index is 500. The Morgan fingerprint density at radius 3 is 2.67 bits per heavy atom. The predicted octanol–water partition coefficient (Wildman–Crippen LogP) is 3.03. The number of ketones is 1. The van der Waals surface area contributed by atoms with Gasteiger partial charge >= 0.3 is 0 Å². The summed E-state index contributed by atoms with van der Waals surface area (Å²) in [6.45, 7) is 2.02. The molecule has 0 aliphatic heterocycles. The van der Waals surface area contributed by atoms with E-state index in [1.807, 2.05) is 25.1 Å². The molecule has 1 saturated carbocycles. The van der Waals surface area contributed by atoms with Gasteiger partial charge in [-0.15, -0.1) is 0 Å². The Morgan fingerprint density at radius 1 is 1.17 bits per heavy atom. The van der Waals surface area contributed by atoms with Crippen LogP contribution in [0.1, 0.15) is 43.7 Å². The van der Waals surface area contributed by atoms with E-state index in [4.69, 9.17) is 0 Å². The third-order valence-corrected chi connectivity index (χ3v) is 4.25. The van der Waals surface area contributed by atoms with Crippen molar-refractivity contribution >= 4 is 11.9 Å². The monoisotopic (exact) mass is 241 g/mol. The SMILES string of the molecule is CC1(NC2CCCC2)C(=O)C=Cc2ccccc21. The largest absolute Gasteiger partial charge is 0.298 e. The van der Waals surface area contributed by atoms with Crippen LogP contribution < -0.4 is 5.32 Å². The van der Waals surface area contributed by atoms with Crippen molar-refractivity contribution < 1.29 is 4.79 Å². The van der Waals surface area contributed by atoms with Crippen LogP contribution in [0.3, 0.4) is 0 Å². The summed E-state index contributed by atoms with van der Waals surface area (Å²) in [5.74, 6) is 0.174. The highest BCUT2D eigenvalue weighted by molar-refractivity contribution is 6.04. The molecule has 1 aromatic carbocycles. The van der Waals surface area contributed by atoms with Gasteiger partial charge in [-0.3, -0.25) is 10.1 Å². The highest BCUT2D eigenvalue weighted by Gasteiger charge is 2.38. The average Bonchev–Trinajstić information content (AvgIpc) is 2.87. The average molecular weight is 241 g/mol. The summed E-state index contributed by atoms with van der Waals surface area (Å²) in [5.41, 5.74) is 1.73. The van der Waals surface area contributed by atoms with Crippen molar-refractivity contribution in [3.63, 3.8) is 0 Å². The Morgan fingerprint density at radius 2 is 1.89 bits per heavy atom. The Kier molecular flexibility index (Phi) is 2.83. The van der Waals surface area contributed by atoms with Crippen LogP contribution in [0.4, 0.5) is 0 Å². The number of fused-ring (bicyclic) bond motifs is 1. The van der Waals surface area contributed by atoms with Crippen molar-refractivity contribution in [1.29, 1.82) is 0 Å².